The van der Waals surface area contributed by atoms with Crippen LogP contribution in [0.15, 0.2) is 109 Å². The molecule has 2 aliphatic rings. The predicted molar refractivity (Wildman–Crippen MR) is 118 cm³/mol. The highest BCUT2D eigenvalue weighted by atomic mass is 14.5. The Morgan fingerprint density at radius 3 is 2.11 bits per heavy atom. The summed E-state index contributed by atoms with van der Waals surface area (Å²) < 4.78 is 0. The van der Waals surface area contributed by atoms with Crippen molar-refractivity contribution in [3.63, 3.8) is 0 Å². The first-order chi connectivity index (χ1) is 13.2. The first kappa shape index (κ1) is 17.3. The highest BCUT2D eigenvalue weighted by Crippen LogP contribution is 2.62. The van der Waals surface area contributed by atoms with Gasteiger partial charge in [0.2, 0.25) is 0 Å². The minimum Gasteiger partial charge on any atom is -0.0991 e. The number of rotatable bonds is 3. The second-order valence-corrected chi connectivity index (χ2v) is 6.99. The minimum absolute atomic E-state index is 0.277. The molecule has 0 aliphatic heterocycles. The molecule has 2 aliphatic carbocycles. The first-order valence-electron chi connectivity index (χ1n) is 9.41. The lowest BCUT2D eigenvalue weighted by atomic mass is 9.69. The van der Waals surface area contributed by atoms with Gasteiger partial charge >= 0.3 is 0 Å². The Bertz CT molecular complexity index is 1070. The average molecular weight is 348 g/mol. The van der Waals surface area contributed by atoms with Gasteiger partial charge in [-0.25, -0.2) is 0 Å². The molecule has 2 aromatic carbocycles. The van der Waals surface area contributed by atoms with Crippen LogP contribution in [-0.2, 0) is 5.41 Å². The molecule has 1 atom stereocenters. The standard InChI is InChI=1S/C27H24/c1-5-8-16-24-19(4)20-14-9-11-17-25(20)27(24)23(7-3)21(13-6-2)22-15-10-12-18-26(22)27/h5-18H,1-2H2,3-4H3/b16-8-,21-13-,23-7+. The normalized spacial score (nSPS) is 23.5. The van der Waals surface area contributed by atoms with E-state index in [4.69, 9.17) is 0 Å². The van der Waals surface area contributed by atoms with E-state index in [2.05, 4.69) is 99.8 Å². The minimum atomic E-state index is -0.277. The largest absolute Gasteiger partial charge is 0.0991 e. The maximum atomic E-state index is 3.97. The van der Waals surface area contributed by atoms with Crippen molar-refractivity contribution in [2.24, 2.45) is 0 Å². The van der Waals surface area contributed by atoms with Crippen molar-refractivity contribution in [1.29, 1.82) is 0 Å². The second-order valence-electron chi connectivity index (χ2n) is 6.99. The number of benzene rings is 2. The van der Waals surface area contributed by atoms with E-state index in [1.54, 1.807) is 0 Å². The van der Waals surface area contributed by atoms with Crippen LogP contribution in [0.4, 0.5) is 0 Å². The monoisotopic (exact) mass is 348 g/mol. The molecule has 1 unspecified atom stereocenters. The van der Waals surface area contributed by atoms with Crippen LogP contribution in [0.25, 0.3) is 11.1 Å². The molecule has 0 bridgehead atoms. The molecule has 0 amide bonds. The quantitative estimate of drug-likeness (QED) is 0.522. The predicted octanol–water partition coefficient (Wildman–Crippen LogP) is 7.03. The molecular formula is C27H24. The van der Waals surface area contributed by atoms with E-state index in [0.29, 0.717) is 0 Å². The van der Waals surface area contributed by atoms with Gasteiger partial charge in [0.25, 0.3) is 0 Å². The van der Waals surface area contributed by atoms with Crippen LogP contribution in [0.5, 0.6) is 0 Å². The highest BCUT2D eigenvalue weighted by Gasteiger charge is 2.52. The maximum absolute atomic E-state index is 3.97. The number of hydrogen-bond donors (Lipinski definition) is 0. The molecule has 0 heteroatoms. The van der Waals surface area contributed by atoms with Crippen LogP contribution in [-0.4, -0.2) is 0 Å². The van der Waals surface area contributed by atoms with Gasteiger partial charge in [-0.2, -0.15) is 0 Å². The Labute approximate surface area is 162 Å². The lowest BCUT2D eigenvalue weighted by Gasteiger charge is -2.32. The first-order valence-corrected chi connectivity index (χ1v) is 9.41. The van der Waals surface area contributed by atoms with Crippen molar-refractivity contribution >= 4 is 11.1 Å². The van der Waals surface area contributed by atoms with Crippen LogP contribution in [0.2, 0.25) is 0 Å². The summed E-state index contributed by atoms with van der Waals surface area (Å²) >= 11 is 0. The fourth-order valence-corrected chi connectivity index (χ4v) is 4.91. The van der Waals surface area contributed by atoms with E-state index in [0.717, 1.165) is 0 Å². The van der Waals surface area contributed by atoms with Crippen molar-refractivity contribution < 1.29 is 0 Å². The van der Waals surface area contributed by atoms with Crippen molar-refractivity contribution in [3.05, 3.63) is 132 Å². The summed E-state index contributed by atoms with van der Waals surface area (Å²) in [4.78, 5) is 0. The van der Waals surface area contributed by atoms with Crippen molar-refractivity contribution in [2.45, 2.75) is 19.3 Å². The van der Waals surface area contributed by atoms with E-state index >= 15 is 0 Å². The molecule has 27 heavy (non-hydrogen) atoms. The van der Waals surface area contributed by atoms with Gasteiger partial charge in [0, 0.05) is 0 Å². The molecule has 0 fully saturated rings. The average Bonchev–Trinajstić information content (AvgIpc) is 3.12. The molecular weight excluding hydrogens is 324 g/mol. The van der Waals surface area contributed by atoms with Gasteiger partial charge in [-0.15, -0.1) is 0 Å². The smallest absolute Gasteiger partial charge is 0.0719 e. The van der Waals surface area contributed by atoms with Crippen molar-refractivity contribution in [1.82, 2.24) is 0 Å². The van der Waals surface area contributed by atoms with Crippen molar-refractivity contribution in [2.75, 3.05) is 0 Å². The topological polar surface area (TPSA) is 0 Å². The molecule has 0 saturated heterocycles. The Kier molecular flexibility index (Phi) is 4.20. The molecule has 132 valence electrons. The van der Waals surface area contributed by atoms with Gasteiger partial charge in [-0.3, -0.25) is 0 Å². The van der Waals surface area contributed by atoms with E-state index < -0.39 is 0 Å². The SMILES string of the molecule is C=C/C=C\C1=C(C)c2ccccc2C12C(=C/C)/C(=C\C=C)c1ccccc12. The Balaban J connectivity index is 2.20. The van der Waals surface area contributed by atoms with Crippen LogP contribution in [0, 0.1) is 0 Å². The summed E-state index contributed by atoms with van der Waals surface area (Å²) in [6, 6.07) is 17.6. The van der Waals surface area contributed by atoms with Crippen LogP contribution in [0.3, 0.4) is 0 Å². The number of allylic oxidation sites excluding steroid dienone is 10. The third kappa shape index (κ3) is 2.16. The Morgan fingerprint density at radius 2 is 1.48 bits per heavy atom. The third-order valence-electron chi connectivity index (χ3n) is 5.83. The van der Waals surface area contributed by atoms with E-state index in [1.807, 2.05) is 12.2 Å². The van der Waals surface area contributed by atoms with Crippen molar-refractivity contribution in [3.8, 4) is 0 Å². The van der Waals surface area contributed by atoms with E-state index in [1.165, 1.54) is 44.5 Å². The van der Waals surface area contributed by atoms with Gasteiger partial charge in [0.1, 0.15) is 0 Å². The van der Waals surface area contributed by atoms with Gasteiger partial charge in [-0.1, -0.05) is 98.1 Å². The Hall–Kier alpha value is -3.12. The third-order valence-corrected chi connectivity index (χ3v) is 5.83. The zero-order chi connectivity index (χ0) is 19.0. The molecule has 0 N–H and O–H groups in total. The summed E-state index contributed by atoms with van der Waals surface area (Å²) in [7, 11) is 0. The number of hydrogen-bond acceptors (Lipinski definition) is 0. The molecule has 0 saturated carbocycles. The molecule has 1 spiro atoms. The summed E-state index contributed by atoms with van der Waals surface area (Å²) in [6.07, 6.45) is 12.5. The zero-order valence-corrected chi connectivity index (χ0v) is 16.0. The molecule has 0 nitrogen and oxygen atoms in total. The van der Waals surface area contributed by atoms with Gasteiger partial charge in [0.15, 0.2) is 0 Å². The summed E-state index contributed by atoms with van der Waals surface area (Å²) in [6.45, 7) is 12.2. The highest BCUT2D eigenvalue weighted by molar-refractivity contribution is 6.00. The summed E-state index contributed by atoms with van der Waals surface area (Å²) in [5.41, 5.74) is 10.3. The lowest BCUT2D eigenvalue weighted by molar-refractivity contribution is 0.785. The van der Waals surface area contributed by atoms with Gasteiger partial charge < -0.3 is 0 Å². The van der Waals surface area contributed by atoms with Crippen LogP contribution in [0.1, 0.15) is 36.1 Å². The zero-order valence-electron chi connectivity index (χ0n) is 16.0. The second kappa shape index (κ2) is 6.55. The van der Waals surface area contributed by atoms with Crippen LogP contribution >= 0.6 is 0 Å². The number of fused-ring (bicyclic) bond motifs is 4. The van der Waals surface area contributed by atoms with E-state index in [9.17, 15) is 0 Å². The molecule has 0 aromatic heterocycles. The molecule has 2 aromatic rings. The maximum Gasteiger partial charge on any atom is 0.0719 e. The van der Waals surface area contributed by atoms with Crippen LogP contribution < -0.4 is 0 Å². The summed E-state index contributed by atoms with van der Waals surface area (Å²) in [5, 5.41) is 0. The fourth-order valence-electron chi connectivity index (χ4n) is 4.91. The molecule has 0 heterocycles. The fraction of sp³-hybridized carbons (Fsp3) is 0.111. The van der Waals surface area contributed by atoms with Gasteiger partial charge in [0.05, 0.1) is 5.41 Å². The molecule has 4 rings (SSSR count). The summed E-state index contributed by atoms with van der Waals surface area (Å²) in [5.74, 6) is 0. The molecule has 0 radical (unpaired) electrons. The van der Waals surface area contributed by atoms with E-state index in [-0.39, 0.29) is 5.41 Å². The Morgan fingerprint density at radius 1 is 0.852 bits per heavy atom. The lowest BCUT2D eigenvalue weighted by Crippen LogP contribution is -2.26. The van der Waals surface area contributed by atoms with Gasteiger partial charge in [-0.05, 0) is 58.4 Å².